The summed E-state index contributed by atoms with van der Waals surface area (Å²) in [5, 5.41) is 5.22. The first-order valence-corrected chi connectivity index (χ1v) is 20.3. The third kappa shape index (κ3) is 9.09. The second-order valence-corrected chi connectivity index (χ2v) is 17.6. The van der Waals surface area contributed by atoms with Crippen LogP contribution in [0, 0.1) is 17.6 Å². The molecule has 2 aromatic carbocycles. The number of allylic oxidation sites excluding steroid dienone is 1. The highest BCUT2D eigenvalue weighted by Gasteiger charge is 2.62. The number of amides is 5. The van der Waals surface area contributed by atoms with Gasteiger partial charge in [-0.05, 0) is 76.3 Å². The molecule has 3 aliphatic heterocycles. The minimum atomic E-state index is -4.80. The van der Waals surface area contributed by atoms with E-state index in [1.54, 1.807) is 32.9 Å². The molecule has 18 heteroatoms. The van der Waals surface area contributed by atoms with E-state index in [1.165, 1.54) is 21.9 Å². The normalized spacial score (nSPS) is 25.5. The highest BCUT2D eigenvalue weighted by Crippen LogP contribution is 2.46. The number of nitrogens with one attached hydrogen (secondary N) is 3. The minimum Gasteiger partial charge on any atom is -0.444 e. The van der Waals surface area contributed by atoms with Gasteiger partial charge in [-0.1, -0.05) is 48.7 Å². The predicted molar refractivity (Wildman–Crippen MR) is 197 cm³/mol. The molecule has 3 N–H and O–H groups in total. The molecular formula is C38H44ClF2N5O9S. The van der Waals surface area contributed by atoms with Crippen molar-refractivity contribution in [2.75, 3.05) is 6.54 Å². The number of sulfonamides is 1. The summed E-state index contributed by atoms with van der Waals surface area (Å²) in [4.78, 5) is 70.4. The van der Waals surface area contributed by atoms with Crippen LogP contribution in [0.5, 0.6) is 0 Å². The van der Waals surface area contributed by atoms with Crippen LogP contribution in [-0.2, 0) is 47.0 Å². The van der Waals surface area contributed by atoms with Crippen LogP contribution in [0.15, 0.2) is 53.4 Å². The Kier molecular flexibility index (Phi) is 11.7. The van der Waals surface area contributed by atoms with E-state index in [9.17, 15) is 41.2 Å². The van der Waals surface area contributed by atoms with Gasteiger partial charge in [-0.3, -0.25) is 19.3 Å². The van der Waals surface area contributed by atoms with Crippen LogP contribution in [0.2, 0.25) is 5.02 Å². The Balaban J connectivity index is 1.27. The van der Waals surface area contributed by atoms with Gasteiger partial charge in [0, 0.05) is 29.5 Å². The van der Waals surface area contributed by atoms with Gasteiger partial charge in [0.1, 0.15) is 45.9 Å². The van der Waals surface area contributed by atoms with Crippen LogP contribution in [0.25, 0.3) is 0 Å². The number of carbonyl (C=O) groups excluding carboxylic acids is 5. The maximum Gasteiger partial charge on any atom is 0.410 e. The zero-order valence-electron chi connectivity index (χ0n) is 31.1. The average molecular weight is 820 g/mol. The Morgan fingerprint density at radius 1 is 1.04 bits per heavy atom. The van der Waals surface area contributed by atoms with E-state index in [1.807, 2.05) is 10.8 Å². The summed E-state index contributed by atoms with van der Waals surface area (Å²) in [6, 6.07) is 4.88. The summed E-state index contributed by atoms with van der Waals surface area (Å²) >= 11 is 5.92. The number of alkyl carbamates (subject to hydrolysis) is 1. The number of rotatable bonds is 5. The molecule has 1 saturated heterocycles. The summed E-state index contributed by atoms with van der Waals surface area (Å²) in [6.45, 7) is 4.77. The molecule has 2 fully saturated rings. The molecule has 1 saturated carbocycles. The summed E-state index contributed by atoms with van der Waals surface area (Å²) in [5.74, 6) is -4.92. The molecular weight excluding hydrogens is 776 g/mol. The van der Waals surface area contributed by atoms with Gasteiger partial charge >= 0.3 is 12.2 Å². The van der Waals surface area contributed by atoms with E-state index in [2.05, 4.69) is 10.6 Å². The highest BCUT2D eigenvalue weighted by atomic mass is 35.5. The molecule has 0 radical (unpaired) electrons. The van der Waals surface area contributed by atoms with Gasteiger partial charge < -0.3 is 25.0 Å². The predicted octanol–water partition coefficient (Wildman–Crippen LogP) is 4.83. The van der Waals surface area contributed by atoms with Crippen molar-refractivity contribution in [3.05, 3.63) is 76.3 Å². The molecule has 5 amide bonds. The fourth-order valence-electron chi connectivity index (χ4n) is 7.29. The molecule has 0 bridgehead atoms. The van der Waals surface area contributed by atoms with E-state index >= 15 is 0 Å². The highest BCUT2D eigenvalue weighted by molar-refractivity contribution is 7.90. The lowest BCUT2D eigenvalue weighted by Gasteiger charge is -2.30. The lowest BCUT2D eigenvalue weighted by atomic mass is 10.0. The number of nitrogens with zero attached hydrogens (tertiary/aromatic N) is 2. The first-order valence-electron chi connectivity index (χ1n) is 18.4. The van der Waals surface area contributed by atoms with Gasteiger partial charge in [0.05, 0.1) is 13.1 Å². The smallest absolute Gasteiger partial charge is 0.410 e. The zero-order chi connectivity index (χ0) is 40.6. The standard InChI is InChI=1S/C38H44ClF2N5O9S/c1-37(2,3)55-35(50)42-29-13-8-6-4-5-7-11-23-18-38(23,34(49)44-56(52,53)31-16-24(39)14-15-28(31)41)43-32(47)30-17-25(20-46(30)33(29)48)54-36(51)45-19-22-10-9-12-27(40)26(22)21-45/h7,9-12,14-16,23,25,29-30H,4-6,8,13,17-21H2,1-3H3,(H,42,50)(H,43,47)(H,44,49)/t23-,25-,29+,30+,38-/m1/s1. The Morgan fingerprint density at radius 3 is 2.54 bits per heavy atom. The second kappa shape index (κ2) is 16.0. The average Bonchev–Trinajstić information content (AvgIpc) is 3.41. The third-order valence-corrected chi connectivity index (χ3v) is 11.8. The van der Waals surface area contributed by atoms with Gasteiger partial charge in [-0.2, -0.15) is 0 Å². The van der Waals surface area contributed by atoms with Gasteiger partial charge in [0.15, 0.2) is 0 Å². The van der Waals surface area contributed by atoms with E-state index in [4.69, 9.17) is 21.1 Å². The fourth-order valence-corrected chi connectivity index (χ4v) is 8.67. The largest absolute Gasteiger partial charge is 0.444 e. The van der Waals surface area contributed by atoms with E-state index in [-0.39, 0.29) is 43.9 Å². The number of halogens is 3. The van der Waals surface area contributed by atoms with Gasteiger partial charge in [-0.25, -0.2) is 31.5 Å². The van der Waals surface area contributed by atoms with Gasteiger partial charge in [0.2, 0.25) is 11.8 Å². The molecule has 0 spiro atoms. The number of hydrogen-bond acceptors (Lipinski definition) is 9. The summed E-state index contributed by atoms with van der Waals surface area (Å²) in [7, 11) is -4.80. The van der Waals surface area contributed by atoms with Crippen molar-refractivity contribution in [2.45, 2.75) is 113 Å². The molecule has 3 heterocycles. The monoisotopic (exact) mass is 819 g/mol. The van der Waals surface area contributed by atoms with Crippen LogP contribution < -0.4 is 15.4 Å². The topological polar surface area (TPSA) is 181 Å². The Bertz CT molecular complexity index is 2060. The fraction of sp³-hybridized carbons (Fsp3) is 0.500. The van der Waals surface area contributed by atoms with Crippen LogP contribution in [0.4, 0.5) is 18.4 Å². The quantitative estimate of drug-likeness (QED) is 0.356. The molecule has 4 aliphatic rings. The maximum atomic E-state index is 14.6. The lowest BCUT2D eigenvalue weighted by molar-refractivity contribution is -0.141. The van der Waals surface area contributed by atoms with E-state index in [0.717, 1.165) is 18.2 Å². The van der Waals surface area contributed by atoms with Crippen molar-refractivity contribution >= 4 is 51.5 Å². The number of ether oxygens (including phenoxy) is 2. The molecule has 0 unspecified atom stereocenters. The third-order valence-electron chi connectivity index (χ3n) is 10.2. The maximum absolute atomic E-state index is 14.6. The van der Waals surface area contributed by atoms with Gasteiger partial charge in [-0.15, -0.1) is 0 Å². The van der Waals surface area contributed by atoms with Crippen LogP contribution in [-0.4, -0.2) is 84.0 Å². The molecule has 6 rings (SSSR count). The number of carbonyl (C=O) groups is 5. The molecule has 1 aliphatic carbocycles. The Labute approximate surface area is 328 Å². The zero-order valence-corrected chi connectivity index (χ0v) is 32.7. The summed E-state index contributed by atoms with van der Waals surface area (Å²) < 4.78 is 68.7. The van der Waals surface area contributed by atoms with Crippen LogP contribution in [0.1, 0.15) is 76.8 Å². The van der Waals surface area contributed by atoms with Gasteiger partial charge in [0.25, 0.3) is 15.9 Å². The number of benzene rings is 2. The van der Waals surface area contributed by atoms with Crippen molar-refractivity contribution in [2.24, 2.45) is 5.92 Å². The summed E-state index contributed by atoms with van der Waals surface area (Å²) in [6.07, 6.45) is 3.22. The van der Waals surface area contributed by atoms with E-state index in [0.29, 0.717) is 36.8 Å². The van der Waals surface area contributed by atoms with E-state index < -0.39 is 91.7 Å². The molecule has 56 heavy (non-hydrogen) atoms. The number of fused-ring (bicyclic) bond motifs is 3. The van der Waals surface area contributed by atoms with Crippen molar-refractivity contribution < 1.29 is 50.6 Å². The van der Waals surface area contributed by atoms with Crippen molar-refractivity contribution in [1.29, 1.82) is 0 Å². The van der Waals surface area contributed by atoms with Crippen molar-refractivity contribution in [3.63, 3.8) is 0 Å². The molecule has 302 valence electrons. The molecule has 5 atom stereocenters. The molecule has 14 nitrogen and oxygen atoms in total. The second-order valence-electron chi connectivity index (χ2n) is 15.5. The minimum absolute atomic E-state index is 0.0113. The SMILES string of the molecule is CC(C)(C)OC(=O)N[C@H]1CCCCCC=C[C@@H]2C[C@@]2(C(=O)NS(=O)(=O)c2cc(Cl)ccc2F)NC(=O)[C@@H]2C[C@@H](OC(=O)N3Cc4cccc(F)c4C3)CN2C1=O. The van der Waals surface area contributed by atoms with Crippen LogP contribution >= 0.6 is 11.6 Å². The molecule has 0 aromatic heterocycles. The molecule has 2 aromatic rings. The first kappa shape index (κ1) is 40.9. The van der Waals surface area contributed by atoms with Crippen molar-refractivity contribution in [1.82, 2.24) is 25.2 Å². The summed E-state index contributed by atoms with van der Waals surface area (Å²) in [5.41, 5.74) is -1.72. The Morgan fingerprint density at radius 2 is 1.80 bits per heavy atom. The van der Waals surface area contributed by atoms with Crippen molar-refractivity contribution in [3.8, 4) is 0 Å². The lowest BCUT2D eigenvalue weighted by Crippen LogP contribution is -2.58. The number of hydrogen-bond donors (Lipinski definition) is 3. The Hall–Kier alpha value is -4.77. The van der Waals surface area contributed by atoms with Crippen LogP contribution in [0.3, 0.4) is 0 Å². The first-order chi connectivity index (χ1) is 26.4.